The van der Waals surface area contributed by atoms with E-state index in [2.05, 4.69) is 10.4 Å². The number of carbonyl (C=O) groups is 1. The van der Waals surface area contributed by atoms with Gasteiger partial charge in [0.2, 0.25) is 0 Å². The van der Waals surface area contributed by atoms with Crippen LogP contribution in [0.5, 0.6) is 0 Å². The Morgan fingerprint density at radius 3 is 3.21 bits per heavy atom. The normalized spacial score (nSPS) is 19.6. The van der Waals surface area contributed by atoms with E-state index < -0.39 is 0 Å². The smallest absolute Gasteiger partial charge is 0.182 e. The fraction of sp³-hybridized carbons (Fsp3) is 0.692. The van der Waals surface area contributed by atoms with Crippen molar-refractivity contribution in [2.24, 2.45) is 5.92 Å². The van der Waals surface area contributed by atoms with Crippen LogP contribution in [0.2, 0.25) is 5.02 Å². The maximum Gasteiger partial charge on any atom is 0.182 e. The highest BCUT2D eigenvalue weighted by Gasteiger charge is 2.22. The van der Waals surface area contributed by atoms with Crippen molar-refractivity contribution in [1.29, 1.82) is 0 Å². The van der Waals surface area contributed by atoms with E-state index in [0.717, 1.165) is 25.9 Å². The van der Waals surface area contributed by atoms with Crippen LogP contribution in [0.3, 0.4) is 0 Å². The van der Waals surface area contributed by atoms with Crippen molar-refractivity contribution in [1.82, 2.24) is 15.1 Å². The van der Waals surface area contributed by atoms with Gasteiger partial charge in [-0.1, -0.05) is 11.6 Å². The second-order valence-electron chi connectivity index (χ2n) is 4.90. The minimum absolute atomic E-state index is 0.0762. The first-order valence-corrected chi connectivity index (χ1v) is 7.04. The zero-order valence-corrected chi connectivity index (χ0v) is 11.9. The molecule has 1 aromatic heterocycles. The Morgan fingerprint density at radius 2 is 2.53 bits per heavy atom. The summed E-state index contributed by atoms with van der Waals surface area (Å²) >= 11 is 6.08. The fourth-order valence-electron chi connectivity index (χ4n) is 2.44. The lowest BCUT2D eigenvalue weighted by Gasteiger charge is -2.22. The third-order valence-corrected chi connectivity index (χ3v) is 3.72. The van der Waals surface area contributed by atoms with Crippen LogP contribution >= 0.6 is 11.6 Å². The van der Waals surface area contributed by atoms with Gasteiger partial charge in [-0.15, -0.1) is 0 Å². The van der Waals surface area contributed by atoms with Gasteiger partial charge in [-0.2, -0.15) is 5.10 Å². The van der Waals surface area contributed by atoms with E-state index >= 15 is 0 Å². The first-order chi connectivity index (χ1) is 9.22. The molecule has 5 nitrogen and oxygen atoms in total. The number of carbonyl (C=O) groups excluding carboxylic acids is 1. The number of aromatic nitrogens is 2. The minimum atomic E-state index is 0.0762. The van der Waals surface area contributed by atoms with E-state index in [1.54, 1.807) is 11.8 Å². The second-order valence-corrected chi connectivity index (χ2v) is 5.30. The molecular weight excluding hydrogens is 266 g/mol. The number of nitrogens with zero attached hydrogens (tertiary/aromatic N) is 2. The number of rotatable bonds is 6. The molecule has 19 heavy (non-hydrogen) atoms. The molecule has 0 spiro atoms. The molecule has 0 bridgehead atoms. The monoisotopic (exact) mass is 285 g/mol. The lowest BCUT2D eigenvalue weighted by molar-refractivity contribution is 0.0940. The molecule has 1 N–H and O–H groups in total. The average Bonchev–Trinajstić information content (AvgIpc) is 2.78. The third-order valence-electron chi connectivity index (χ3n) is 3.44. The number of ether oxygens (including phenoxy) is 1. The van der Waals surface area contributed by atoms with Gasteiger partial charge >= 0.3 is 0 Å². The molecular formula is C13H20ClN3O2. The van der Waals surface area contributed by atoms with Crippen LogP contribution < -0.4 is 5.32 Å². The summed E-state index contributed by atoms with van der Waals surface area (Å²) in [5, 5.41) is 7.89. The van der Waals surface area contributed by atoms with Gasteiger partial charge in [-0.25, -0.2) is 0 Å². The predicted octanol–water partition coefficient (Wildman–Crippen LogP) is 1.76. The largest absolute Gasteiger partial charge is 0.383 e. The second kappa shape index (κ2) is 7.03. The Kier molecular flexibility index (Phi) is 5.36. The number of piperidine rings is 1. The van der Waals surface area contributed by atoms with Crippen LogP contribution in [-0.2, 0) is 11.3 Å². The first-order valence-electron chi connectivity index (χ1n) is 6.66. The molecule has 1 fully saturated rings. The molecule has 6 heteroatoms. The lowest BCUT2D eigenvalue weighted by atomic mass is 9.93. The molecule has 1 unspecified atom stereocenters. The van der Waals surface area contributed by atoms with Crippen molar-refractivity contribution in [3.05, 3.63) is 16.9 Å². The highest BCUT2D eigenvalue weighted by molar-refractivity contribution is 6.33. The SMILES string of the molecule is COCCn1ncc(Cl)c1C(=O)CC1CCCNC1. The standard InChI is InChI=1S/C13H20ClN3O2/c1-19-6-5-17-13(11(14)9-16-17)12(18)7-10-3-2-4-15-8-10/h9-10,15H,2-8H2,1H3. The van der Waals surface area contributed by atoms with Crippen molar-refractivity contribution in [2.75, 3.05) is 26.8 Å². The van der Waals surface area contributed by atoms with E-state index in [1.807, 2.05) is 0 Å². The number of methoxy groups -OCH3 is 1. The van der Waals surface area contributed by atoms with Crippen LogP contribution in [-0.4, -0.2) is 42.4 Å². The minimum Gasteiger partial charge on any atom is -0.383 e. The highest BCUT2D eigenvalue weighted by Crippen LogP contribution is 2.22. The molecule has 1 atom stereocenters. The summed E-state index contributed by atoms with van der Waals surface area (Å²) in [4.78, 5) is 12.4. The van der Waals surface area contributed by atoms with Crippen molar-refractivity contribution in [2.45, 2.75) is 25.8 Å². The molecule has 0 amide bonds. The molecule has 1 aromatic rings. The number of ketones is 1. The summed E-state index contributed by atoms with van der Waals surface area (Å²) in [6, 6.07) is 0. The van der Waals surface area contributed by atoms with Crippen molar-refractivity contribution in [3.8, 4) is 0 Å². The van der Waals surface area contributed by atoms with Gasteiger partial charge in [-0.05, 0) is 31.8 Å². The number of Topliss-reactive ketones (excluding diaryl/α,β-unsaturated/α-hetero) is 1. The Morgan fingerprint density at radius 1 is 1.68 bits per heavy atom. The molecule has 1 aliphatic rings. The molecule has 1 saturated heterocycles. The van der Waals surface area contributed by atoms with Gasteiger partial charge in [0.15, 0.2) is 5.78 Å². The topological polar surface area (TPSA) is 56.2 Å². The summed E-state index contributed by atoms with van der Waals surface area (Å²) in [6.07, 6.45) is 4.30. The summed E-state index contributed by atoms with van der Waals surface area (Å²) < 4.78 is 6.66. The zero-order chi connectivity index (χ0) is 13.7. The van der Waals surface area contributed by atoms with Gasteiger partial charge < -0.3 is 10.1 Å². The molecule has 0 saturated carbocycles. The molecule has 0 aromatic carbocycles. The first kappa shape index (κ1) is 14.5. The summed E-state index contributed by atoms with van der Waals surface area (Å²) in [5.74, 6) is 0.482. The van der Waals surface area contributed by atoms with Gasteiger partial charge in [-0.3, -0.25) is 9.48 Å². The molecule has 0 aliphatic carbocycles. The lowest BCUT2D eigenvalue weighted by Crippen LogP contribution is -2.31. The fourth-order valence-corrected chi connectivity index (χ4v) is 2.69. The maximum absolute atomic E-state index is 12.4. The zero-order valence-electron chi connectivity index (χ0n) is 11.2. The van der Waals surface area contributed by atoms with Crippen LogP contribution in [0, 0.1) is 5.92 Å². The average molecular weight is 286 g/mol. The number of hydrogen-bond acceptors (Lipinski definition) is 4. The number of halogens is 1. The van der Waals surface area contributed by atoms with Gasteiger partial charge in [0.1, 0.15) is 5.69 Å². The Hall–Kier alpha value is -0.910. The van der Waals surface area contributed by atoms with Crippen molar-refractivity contribution in [3.63, 3.8) is 0 Å². The molecule has 1 aliphatic heterocycles. The Bertz CT molecular complexity index is 428. The maximum atomic E-state index is 12.4. The van der Waals surface area contributed by atoms with Crippen molar-refractivity contribution < 1.29 is 9.53 Å². The van der Waals surface area contributed by atoms with E-state index in [-0.39, 0.29) is 5.78 Å². The van der Waals surface area contributed by atoms with Crippen LogP contribution in [0.1, 0.15) is 29.8 Å². The quantitative estimate of drug-likeness (QED) is 0.809. The summed E-state index contributed by atoms with van der Waals surface area (Å²) in [6.45, 7) is 3.03. The van der Waals surface area contributed by atoms with E-state index in [9.17, 15) is 4.79 Å². The van der Waals surface area contributed by atoms with Crippen LogP contribution in [0.25, 0.3) is 0 Å². The van der Waals surface area contributed by atoms with E-state index in [1.165, 1.54) is 6.20 Å². The Balaban J connectivity index is 2.02. The van der Waals surface area contributed by atoms with Gasteiger partial charge in [0.25, 0.3) is 0 Å². The van der Waals surface area contributed by atoms with E-state index in [4.69, 9.17) is 16.3 Å². The summed E-state index contributed by atoms with van der Waals surface area (Å²) in [5.41, 5.74) is 0.518. The molecule has 0 radical (unpaired) electrons. The van der Waals surface area contributed by atoms with Crippen molar-refractivity contribution >= 4 is 17.4 Å². The van der Waals surface area contributed by atoms with Crippen LogP contribution in [0.4, 0.5) is 0 Å². The van der Waals surface area contributed by atoms with Crippen LogP contribution in [0.15, 0.2) is 6.20 Å². The number of hydrogen-bond donors (Lipinski definition) is 1. The molecule has 106 valence electrons. The Labute approximate surface area is 118 Å². The molecule has 2 rings (SSSR count). The molecule has 2 heterocycles. The summed E-state index contributed by atoms with van der Waals surface area (Å²) in [7, 11) is 1.63. The van der Waals surface area contributed by atoms with Gasteiger partial charge in [0.05, 0.1) is 24.4 Å². The third kappa shape index (κ3) is 3.78. The number of nitrogens with one attached hydrogen (secondary N) is 1. The van der Waals surface area contributed by atoms with E-state index in [0.29, 0.717) is 36.2 Å². The predicted molar refractivity (Wildman–Crippen MR) is 73.7 cm³/mol. The highest BCUT2D eigenvalue weighted by atomic mass is 35.5. The van der Waals surface area contributed by atoms with Gasteiger partial charge in [0, 0.05) is 13.5 Å².